The van der Waals surface area contributed by atoms with Crippen LogP contribution in [0.2, 0.25) is 0 Å². The second-order valence-electron chi connectivity index (χ2n) is 8.78. The van der Waals surface area contributed by atoms with E-state index in [1.54, 1.807) is 5.57 Å². The van der Waals surface area contributed by atoms with Gasteiger partial charge in [-0.2, -0.15) is 0 Å². The van der Waals surface area contributed by atoms with E-state index in [-0.39, 0.29) is 5.41 Å². The Labute approximate surface area is 135 Å². The summed E-state index contributed by atoms with van der Waals surface area (Å²) >= 11 is 4.67. The molecule has 118 valence electrons. The van der Waals surface area contributed by atoms with Crippen molar-refractivity contribution in [2.75, 3.05) is 0 Å². The second-order valence-corrected chi connectivity index (χ2v) is 9.52. The molecule has 0 amide bonds. The second kappa shape index (κ2) is 4.54. The molecule has 0 aromatic heterocycles. The molecule has 1 unspecified atom stereocenters. The zero-order chi connectivity index (χ0) is 14.9. The van der Waals surface area contributed by atoms with Crippen molar-refractivity contribution >= 4 is 12.6 Å². The van der Waals surface area contributed by atoms with Gasteiger partial charge < -0.3 is 5.11 Å². The first-order valence-corrected chi connectivity index (χ1v) is 9.47. The normalized spacial score (nSPS) is 56.2. The van der Waals surface area contributed by atoms with E-state index in [2.05, 4.69) is 32.6 Å². The standard InChI is InChI=1S/C19H30OS/c1-17-10-4-3-5-13(17)6-7-14-15(17)8-11-18(2)16(14)9-12-19(18,20)21/h6,14-16,20-21H,3-5,7-12H2,1-2H3/t14-,15-,16+,17+,18+,19?/m1/s1. The van der Waals surface area contributed by atoms with E-state index in [0.717, 1.165) is 18.3 Å². The van der Waals surface area contributed by atoms with Crippen LogP contribution in [0.3, 0.4) is 0 Å². The lowest BCUT2D eigenvalue weighted by Gasteiger charge is -2.58. The summed E-state index contributed by atoms with van der Waals surface area (Å²) in [5.74, 6) is 2.32. The molecular formula is C19H30OS. The van der Waals surface area contributed by atoms with Gasteiger partial charge in [-0.25, -0.2) is 0 Å². The predicted octanol–water partition coefficient (Wildman–Crippen LogP) is 4.96. The third kappa shape index (κ3) is 1.81. The Morgan fingerprint density at radius 1 is 1.10 bits per heavy atom. The molecule has 4 aliphatic rings. The van der Waals surface area contributed by atoms with Gasteiger partial charge in [0, 0.05) is 5.41 Å². The maximum atomic E-state index is 10.8. The largest absolute Gasteiger partial charge is 0.379 e. The molecule has 1 nitrogen and oxygen atoms in total. The van der Waals surface area contributed by atoms with Crippen molar-refractivity contribution in [3.63, 3.8) is 0 Å². The van der Waals surface area contributed by atoms with Gasteiger partial charge in [0.2, 0.25) is 0 Å². The van der Waals surface area contributed by atoms with E-state index in [9.17, 15) is 5.11 Å². The minimum atomic E-state index is -0.736. The van der Waals surface area contributed by atoms with Crippen molar-refractivity contribution in [2.45, 2.75) is 76.6 Å². The van der Waals surface area contributed by atoms with E-state index in [1.807, 2.05) is 0 Å². The van der Waals surface area contributed by atoms with E-state index < -0.39 is 4.93 Å². The Bertz CT molecular complexity index is 482. The van der Waals surface area contributed by atoms with Gasteiger partial charge in [0.15, 0.2) is 0 Å². The predicted molar refractivity (Wildman–Crippen MR) is 90.3 cm³/mol. The van der Waals surface area contributed by atoms with Gasteiger partial charge in [-0.15, -0.1) is 12.6 Å². The Morgan fingerprint density at radius 2 is 1.86 bits per heavy atom. The molecule has 0 spiro atoms. The average molecular weight is 307 g/mol. The lowest BCUT2D eigenvalue weighted by Crippen LogP contribution is -2.52. The minimum absolute atomic E-state index is 0.0354. The molecule has 0 saturated heterocycles. The smallest absolute Gasteiger partial charge is 0.113 e. The number of rotatable bonds is 0. The molecule has 4 aliphatic carbocycles. The summed E-state index contributed by atoms with van der Waals surface area (Å²) in [5, 5.41) is 10.8. The number of hydrogen-bond donors (Lipinski definition) is 2. The van der Waals surface area contributed by atoms with Gasteiger partial charge >= 0.3 is 0 Å². The summed E-state index contributed by atoms with van der Waals surface area (Å²) in [7, 11) is 0. The van der Waals surface area contributed by atoms with Gasteiger partial charge in [-0.3, -0.25) is 0 Å². The Balaban J connectivity index is 1.71. The number of hydrogen-bond acceptors (Lipinski definition) is 2. The van der Waals surface area contributed by atoms with Gasteiger partial charge in [0.1, 0.15) is 4.93 Å². The highest BCUT2D eigenvalue weighted by Gasteiger charge is 2.62. The lowest BCUT2D eigenvalue weighted by atomic mass is 9.48. The molecule has 0 heterocycles. The molecule has 2 heteroatoms. The monoisotopic (exact) mass is 306 g/mol. The topological polar surface area (TPSA) is 20.2 Å². The van der Waals surface area contributed by atoms with Crippen molar-refractivity contribution in [1.82, 2.24) is 0 Å². The number of thiol groups is 1. The van der Waals surface area contributed by atoms with E-state index in [1.165, 1.54) is 51.4 Å². The fraction of sp³-hybridized carbons (Fsp3) is 0.895. The lowest BCUT2D eigenvalue weighted by molar-refractivity contribution is -0.0787. The zero-order valence-corrected chi connectivity index (χ0v) is 14.5. The first-order chi connectivity index (χ1) is 9.88. The van der Waals surface area contributed by atoms with E-state index in [0.29, 0.717) is 11.3 Å². The van der Waals surface area contributed by atoms with Gasteiger partial charge in [0.05, 0.1) is 0 Å². The molecule has 6 atom stereocenters. The van der Waals surface area contributed by atoms with Crippen LogP contribution >= 0.6 is 12.6 Å². The Morgan fingerprint density at radius 3 is 2.67 bits per heavy atom. The highest BCUT2D eigenvalue weighted by atomic mass is 32.1. The first kappa shape index (κ1) is 14.6. The number of aliphatic hydroxyl groups is 1. The van der Waals surface area contributed by atoms with Crippen LogP contribution in [-0.4, -0.2) is 10.0 Å². The van der Waals surface area contributed by atoms with Crippen LogP contribution in [0.4, 0.5) is 0 Å². The molecule has 0 radical (unpaired) electrons. The molecule has 4 rings (SSSR count). The Kier molecular flexibility index (Phi) is 3.16. The van der Waals surface area contributed by atoms with Crippen LogP contribution in [0.15, 0.2) is 11.6 Å². The highest BCUT2D eigenvalue weighted by molar-refractivity contribution is 7.81. The summed E-state index contributed by atoms with van der Waals surface area (Å²) in [4.78, 5) is -0.736. The maximum absolute atomic E-state index is 10.8. The van der Waals surface area contributed by atoms with Crippen molar-refractivity contribution in [3.05, 3.63) is 11.6 Å². The van der Waals surface area contributed by atoms with Crippen molar-refractivity contribution in [3.8, 4) is 0 Å². The van der Waals surface area contributed by atoms with Crippen molar-refractivity contribution in [1.29, 1.82) is 0 Å². The molecular weight excluding hydrogens is 276 g/mol. The summed E-state index contributed by atoms with van der Waals surface area (Å²) in [6.45, 7) is 4.87. The van der Waals surface area contributed by atoms with E-state index >= 15 is 0 Å². The fourth-order valence-corrected chi connectivity index (χ4v) is 7.10. The van der Waals surface area contributed by atoms with Crippen molar-refractivity contribution < 1.29 is 5.11 Å². The molecule has 3 fully saturated rings. The van der Waals surface area contributed by atoms with Crippen LogP contribution in [0.25, 0.3) is 0 Å². The number of allylic oxidation sites excluding steroid dienone is 2. The fourth-order valence-electron chi connectivity index (χ4n) is 6.69. The number of fused-ring (bicyclic) bond motifs is 5. The van der Waals surface area contributed by atoms with Crippen LogP contribution in [-0.2, 0) is 0 Å². The van der Waals surface area contributed by atoms with Crippen LogP contribution < -0.4 is 0 Å². The summed E-state index contributed by atoms with van der Waals surface area (Å²) in [6, 6.07) is 0. The van der Waals surface area contributed by atoms with E-state index in [4.69, 9.17) is 0 Å². The highest BCUT2D eigenvalue weighted by Crippen LogP contribution is 2.67. The quantitative estimate of drug-likeness (QED) is 0.368. The molecule has 1 N–H and O–H groups in total. The third-order valence-electron chi connectivity index (χ3n) is 8.13. The summed E-state index contributed by atoms with van der Waals surface area (Å²) in [6.07, 6.45) is 13.9. The summed E-state index contributed by atoms with van der Waals surface area (Å²) < 4.78 is 0. The third-order valence-corrected chi connectivity index (χ3v) is 8.86. The molecule has 0 aromatic rings. The zero-order valence-electron chi connectivity index (χ0n) is 13.6. The van der Waals surface area contributed by atoms with Crippen LogP contribution in [0, 0.1) is 28.6 Å². The first-order valence-electron chi connectivity index (χ1n) is 9.03. The Hall–Kier alpha value is 0.0500. The van der Waals surface area contributed by atoms with Crippen LogP contribution in [0.5, 0.6) is 0 Å². The molecule has 0 aliphatic heterocycles. The average Bonchev–Trinajstić information content (AvgIpc) is 2.69. The van der Waals surface area contributed by atoms with Gasteiger partial charge in [0.25, 0.3) is 0 Å². The maximum Gasteiger partial charge on any atom is 0.113 e. The summed E-state index contributed by atoms with van der Waals surface area (Å²) in [5.41, 5.74) is 2.28. The SMILES string of the molecule is C[C@]12CCCCC1=CC[C@@H]1[C@H]2CC[C@@]2(C)[C@H]1CCC2(O)S. The van der Waals surface area contributed by atoms with Crippen LogP contribution in [0.1, 0.15) is 71.6 Å². The molecule has 21 heavy (non-hydrogen) atoms. The molecule has 0 aromatic carbocycles. The molecule has 0 bridgehead atoms. The van der Waals surface area contributed by atoms with Crippen molar-refractivity contribution in [2.24, 2.45) is 28.6 Å². The van der Waals surface area contributed by atoms with Gasteiger partial charge in [-0.05, 0) is 74.5 Å². The van der Waals surface area contributed by atoms with Gasteiger partial charge in [-0.1, -0.05) is 31.9 Å². The minimum Gasteiger partial charge on any atom is -0.379 e. The molecule has 3 saturated carbocycles.